The van der Waals surface area contributed by atoms with Crippen LogP contribution in [0.25, 0.3) is 0 Å². The Kier molecular flexibility index (Phi) is 4.12. The number of hydrogen-bond donors (Lipinski definition) is 0. The molecule has 0 fully saturated rings. The Morgan fingerprint density at radius 2 is 2.05 bits per heavy atom. The minimum Gasteiger partial charge on any atom is -0.497 e. The van der Waals surface area contributed by atoms with Crippen molar-refractivity contribution in [3.8, 4) is 11.5 Å². The molecule has 0 saturated carbocycles. The molecule has 0 saturated heterocycles. The van der Waals surface area contributed by atoms with Gasteiger partial charge in [-0.15, -0.1) is 11.3 Å². The van der Waals surface area contributed by atoms with E-state index < -0.39 is 10.0 Å². The molecule has 7 heteroatoms. The second kappa shape index (κ2) is 5.91. The number of fused-ring (bicyclic) bond motifs is 1. The Hall–Kier alpha value is -1.57. The first-order valence-corrected chi connectivity index (χ1v) is 9.15. The molecule has 1 aliphatic heterocycles. The molecule has 0 spiro atoms. The molecule has 22 heavy (non-hydrogen) atoms. The first-order chi connectivity index (χ1) is 10.6. The Morgan fingerprint density at radius 1 is 1.23 bits per heavy atom. The van der Waals surface area contributed by atoms with Gasteiger partial charge in [0.1, 0.15) is 15.7 Å². The number of nitrogens with zero attached hydrogens (tertiary/aromatic N) is 1. The molecular weight excluding hydrogens is 322 g/mol. The van der Waals surface area contributed by atoms with Gasteiger partial charge >= 0.3 is 0 Å². The van der Waals surface area contributed by atoms with Crippen molar-refractivity contribution in [1.82, 2.24) is 4.31 Å². The molecule has 0 unspecified atom stereocenters. The Labute approximate surface area is 134 Å². The fraction of sp³-hybridized carbons (Fsp3) is 0.333. The van der Waals surface area contributed by atoms with Gasteiger partial charge in [0.2, 0.25) is 0 Å². The molecule has 2 aromatic rings. The van der Waals surface area contributed by atoms with Gasteiger partial charge in [0.15, 0.2) is 0 Å². The molecule has 2 heterocycles. The Morgan fingerprint density at radius 3 is 2.68 bits per heavy atom. The highest BCUT2D eigenvalue weighted by Gasteiger charge is 2.30. The Bertz CT molecular complexity index is 752. The first-order valence-electron chi connectivity index (χ1n) is 6.83. The predicted octanol–water partition coefficient (Wildman–Crippen LogP) is 2.51. The zero-order chi connectivity index (χ0) is 15.7. The second-order valence-corrected chi connectivity index (χ2v) is 8.10. The van der Waals surface area contributed by atoms with Crippen LogP contribution in [0.5, 0.6) is 11.5 Å². The van der Waals surface area contributed by atoms with E-state index in [9.17, 15) is 8.42 Å². The second-order valence-electron chi connectivity index (χ2n) is 4.99. The lowest BCUT2D eigenvalue weighted by atomic mass is 9.99. The van der Waals surface area contributed by atoms with Crippen molar-refractivity contribution in [2.75, 3.05) is 20.8 Å². The number of rotatable bonds is 4. The van der Waals surface area contributed by atoms with Crippen molar-refractivity contribution in [2.24, 2.45) is 0 Å². The number of methoxy groups -OCH3 is 2. The summed E-state index contributed by atoms with van der Waals surface area (Å²) < 4.78 is 37.9. The van der Waals surface area contributed by atoms with Crippen molar-refractivity contribution in [1.29, 1.82) is 0 Å². The minimum atomic E-state index is -3.44. The van der Waals surface area contributed by atoms with Gasteiger partial charge in [-0.25, -0.2) is 8.42 Å². The lowest BCUT2D eigenvalue weighted by Crippen LogP contribution is -2.35. The van der Waals surface area contributed by atoms with Crippen molar-refractivity contribution in [3.63, 3.8) is 0 Å². The summed E-state index contributed by atoms with van der Waals surface area (Å²) in [6, 6.07) is 7.13. The standard InChI is InChI=1S/C15H17NO4S2/c1-19-12-8-11-5-6-16(10-13(11)14(9-12)20-2)22(17,18)15-4-3-7-21-15/h3-4,7-9H,5-6,10H2,1-2H3. The van der Waals surface area contributed by atoms with Crippen molar-refractivity contribution in [2.45, 2.75) is 17.2 Å². The SMILES string of the molecule is COc1cc2c(c(OC)c1)CN(S(=O)(=O)c1cccs1)CC2. The van der Waals surface area contributed by atoms with Gasteiger partial charge in [0.25, 0.3) is 10.0 Å². The smallest absolute Gasteiger partial charge is 0.252 e. The average molecular weight is 339 g/mol. The maximum absolute atomic E-state index is 12.7. The third kappa shape index (κ3) is 2.60. The molecule has 118 valence electrons. The molecular formula is C15H17NO4S2. The van der Waals surface area contributed by atoms with Crippen molar-refractivity contribution in [3.05, 3.63) is 40.8 Å². The molecule has 0 N–H and O–H groups in total. The van der Waals surface area contributed by atoms with E-state index >= 15 is 0 Å². The van der Waals surface area contributed by atoms with Crippen LogP contribution in [0, 0.1) is 0 Å². The van der Waals surface area contributed by atoms with Crippen LogP contribution in [0.2, 0.25) is 0 Å². The van der Waals surface area contributed by atoms with Crippen LogP contribution in [-0.4, -0.2) is 33.5 Å². The zero-order valence-corrected chi connectivity index (χ0v) is 14.0. The Balaban J connectivity index is 1.97. The normalized spacial score (nSPS) is 15.4. The molecule has 0 bridgehead atoms. The summed E-state index contributed by atoms with van der Waals surface area (Å²) in [5.74, 6) is 1.39. The maximum atomic E-state index is 12.7. The van der Waals surface area contributed by atoms with Crippen LogP contribution in [-0.2, 0) is 23.0 Å². The predicted molar refractivity (Wildman–Crippen MR) is 85.2 cm³/mol. The zero-order valence-electron chi connectivity index (χ0n) is 12.4. The van der Waals surface area contributed by atoms with Gasteiger partial charge < -0.3 is 9.47 Å². The van der Waals surface area contributed by atoms with E-state index in [0.29, 0.717) is 29.5 Å². The third-order valence-electron chi connectivity index (χ3n) is 3.78. The summed E-state index contributed by atoms with van der Waals surface area (Å²) in [7, 11) is -0.243. The summed E-state index contributed by atoms with van der Waals surface area (Å²) in [5.41, 5.74) is 1.99. The third-order valence-corrected chi connectivity index (χ3v) is 7.00. The number of sulfonamides is 1. The van der Waals surface area contributed by atoms with E-state index in [1.807, 2.05) is 6.07 Å². The van der Waals surface area contributed by atoms with E-state index in [0.717, 1.165) is 16.9 Å². The lowest BCUT2D eigenvalue weighted by Gasteiger charge is -2.29. The highest BCUT2D eigenvalue weighted by molar-refractivity contribution is 7.91. The summed E-state index contributed by atoms with van der Waals surface area (Å²) in [5, 5.41) is 1.77. The fourth-order valence-electron chi connectivity index (χ4n) is 2.62. The van der Waals surface area contributed by atoms with Gasteiger partial charge in [-0.1, -0.05) is 6.07 Å². The summed E-state index contributed by atoms with van der Waals surface area (Å²) in [4.78, 5) is 0. The molecule has 0 radical (unpaired) electrons. The van der Waals surface area contributed by atoms with Crippen LogP contribution < -0.4 is 9.47 Å². The molecule has 1 aromatic heterocycles. The molecule has 5 nitrogen and oxygen atoms in total. The maximum Gasteiger partial charge on any atom is 0.252 e. The number of hydrogen-bond acceptors (Lipinski definition) is 5. The van der Waals surface area contributed by atoms with Crippen LogP contribution in [0.1, 0.15) is 11.1 Å². The van der Waals surface area contributed by atoms with Crippen LogP contribution in [0.4, 0.5) is 0 Å². The molecule has 0 amide bonds. The van der Waals surface area contributed by atoms with E-state index in [1.54, 1.807) is 37.8 Å². The minimum absolute atomic E-state index is 0.322. The molecule has 1 aromatic carbocycles. The highest BCUT2D eigenvalue weighted by atomic mass is 32.2. The summed E-state index contributed by atoms with van der Waals surface area (Å²) in [6.45, 7) is 0.784. The topological polar surface area (TPSA) is 55.8 Å². The number of thiophene rings is 1. The van der Waals surface area contributed by atoms with Gasteiger partial charge in [-0.05, 0) is 29.5 Å². The monoisotopic (exact) mass is 339 g/mol. The fourth-order valence-corrected chi connectivity index (χ4v) is 5.17. The quantitative estimate of drug-likeness (QED) is 0.859. The molecule has 0 aliphatic carbocycles. The molecule has 3 rings (SSSR count). The van der Waals surface area contributed by atoms with Gasteiger partial charge in [-0.3, -0.25) is 0 Å². The first kappa shape index (κ1) is 15.3. The van der Waals surface area contributed by atoms with Gasteiger partial charge in [0, 0.05) is 24.7 Å². The number of ether oxygens (including phenoxy) is 2. The van der Waals surface area contributed by atoms with Crippen molar-refractivity contribution < 1.29 is 17.9 Å². The van der Waals surface area contributed by atoms with Crippen LogP contribution in [0.3, 0.4) is 0 Å². The lowest BCUT2D eigenvalue weighted by molar-refractivity contribution is 0.358. The van der Waals surface area contributed by atoms with E-state index in [4.69, 9.17) is 9.47 Å². The van der Waals surface area contributed by atoms with E-state index in [-0.39, 0.29) is 0 Å². The molecule has 0 atom stereocenters. The van der Waals surface area contributed by atoms with Crippen molar-refractivity contribution >= 4 is 21.4 Å². The van der Waals surface area contributed by atoms with Crippen LogP contribution in [0.15, 0.2) is 33.9 Å². The highest BCUT2D eigenvalue weighted by Crippen LogP contribution is 2.35. The van der Waals surface area contributed by atoms with Gasteiger partial charge in [-0.2, -0.15) is 4.31 Å². The summed E-state index contributed by atoms with van der Waals surface area (Å²) in [6.07, 6.45) is 0.646. The van der Waals surface area contributed by atoms with E-state index in [2.05, 4.69) is 0 Å². The van der Waals surface area contributed by atoms with E-state index in [1.165, 1.54) is 15.6 Å². The molecule has 1 aliphatic rings. The van der Waals surface area contributed by atoms with Gasteiger partial charge in [0.05, 0.1) is 14.2 Å². The average Bonchev–Trinajstić information content (AvgIpc) is 3.08. The largest absolute Gasteiger partial charge is 0.497 e. The van der Waals surface area contributed by atoms with Crippen LogP contribution >= 0.6 is 11.3 Å². The number of benzene rings is 1. The summed E-state index contributed by atoms with van der Waals surface area (Å²) >= 11 is 1.24.